The molecule has 6 heteroatoms. The molecule has 2 aliphatic rings. The normalized spacial score (nSPS) is 21.1. The van der Waals surface area contributed by atoms with Crippen molar-refractivity contribution < 1.29 is 13.2 Å². The number of nitrogens with zero attached hydrogens (tertiary/aromatic N) is 2. The van der Waals surface area contributed by atoms with Crippen molar-refractivity contribution in [1.29, 1.82) is 0 Å². The molecule has 144 valence electrons. The Hall–Kier alpha value is -1.89. The van der Waals surface area contributed by atoms with E-state index in [2.05, 4.69) is 29.2 Å². The maximum Gasteiger partial charge on any atom is 0.243 e. The number of benzene rings is 2. The Bertz CT molecular complexity index is 896. The summed E-state index contributed by atoms with van der Waals surface area (Å²) < 4.78 is 33.0. The van der Waals surface area contributed by atoms with Crippen LogP contribution in [0.5, 0.6) is 5.75 Å². The van der Waals surface area contributed by atoms with E-state index in [4.69, 9.17) is 4.74 Å². The first-order chi connectivity index (χ1) is 13.1. The largest absolute Gasteiger partial charge is 0.494 e. The van der Waals surface area contributed by atoms with Gasteiger partial charge in [0.15, 0.2) is 0 Å². The van der Waals surface area contributed by atoms with Gasteiger partial charge in [0.2, 0.25) is 10.0 Å². The molecule has 4 rings (SSSR count). The fourth-order valence-electron chi connectivity index (χ4n) is 4.08. The van der Waals surface area contributed by atoms with Gasteiger partial charge in [-0.25, -0.2) is 8.42 Å². The van der Waals surface area contributed by atoms with Crippen molar-refractivity contribution in [1.82, 2.24) is 9.21 Å². The van der Waals surface area contributed by atoms with Crippen LogP contribution >= 0.6 is 0 Å². The lowest BCUT2D eigenvalue weighted by molar-refractivity contribution is 0.185. The van der Waals surface area contributed by atoms with Crippen molar-refractivity contribution >= 4 is 10.0 Å². The van der Waals surface area contributed by atoms with Crippen LogP contribution in [-0.2, 0) is 23.0 Å². The van der Waals surface area contributed by atoms with Crippen molar-refractivity contribution in [3.8, 4) is 5.75 Å². The monoisotopic (exact) mass is 386 g/mol. The molecular formula is C21H26N2O3S. The summed E-state index contributed by atoms with van der Waals surface area (Å²) in [5.41, 5.74) is 2.79. The highest BCUT2D eigenvalue weighted by molar-refractivity contribution is 7.89. The summed E-state index contributed by atoms with van der Waals surface area (Å²) >= 11 is 0. The molecule has 0 bridgehead atoms. The summed E-state index contributed by atoms with van der Waals surface area (Å²) in [6.07, 6.45) is 1.93. The van der Waals surface area contributed by atoms with Gasteiger partial charge in [-0.1, -0.05) is 24.3 Å². The van der Waals surface area contributed by atoms with Gasteiger partial charge in [0.05, 0.1) is 11.5 Å². The van der Waals surface area contributed by atoms with Gasteiger partial charge < -0.3 is 4.74 Å². The van der Waals surface area contributed by atoms with Crippen LogP contribution in [0.1, 0.15) is 24.5 Å². The highest BCUT2D eigenvalue weighted by Crippen LogP contribution is 2.28. The molecule has 2 aromatic rings. The minimum Gasteiger partial charge on any atom is -0.494 e. The standard InChI is InChI=1S/C21H26N2O3S/c1-2-26-20-7-9-21(10-8-20)27(24,25)23-14-12-19(16-23)22-13-11-17-5-3-4-6-18(17)15-22/h3-10,19H,2,11-16H2,1H3. The zero-order chi connectivity index (χ0) is 18.9. The second kappa shape index (κ2) is 7.62. The maximum absolute atomic E-state index is 13.0. The van der Waals surface area contributed by atoms with E-state index in [9.17, 15) is 8.42 Å². The summed E-state index contributed by atoms with van der Waals surface area (Å²) in [5, 5.41) is 0. The Labute approximate surface area is 161 Å². The number of rotatable bonds is 5. The van der Waals surface area contributed by atoms with Gasteiger partial charge in [0, 0.05) is 32.2 Å². The molecule has 27 heavy (non-hydrogen) atoms. The highest BCUT2D eigenvalue weighted by Gasteiger charge is 2.36. The SMILES string of the molecule is CCOc1ccc(S(=O)(=O)N2CCC(N3CCc4ccccc4C3)C2)cc1. The lowest BCUT2D eigenvalue weighted by atomic mass is 9.98. The van der Waals surface area contributed by atoms with E-state index in [-0.39, 0.29) is 6.04 Å². The van der Waals surface area contributed by atoms with Crippen LogP contribution in [0.3, 0.4) is 0 Å². The second-order valence-electron chi connectivity index (χ2n) is 7.20. The Morgan fingerprint density at radius 1 is 1.04 bits per heavy atom. The van der Waals surface area contributed by atoms with Crippen LogP contribution in [-0.4, -0.2) is 49.9 Å². The van der Waals surface area contributed by atoms with E-state index in [0.29, 0.717) is 30.3 Å². The summed E-state index contributed by atoms with van der Waals surface area (Å²) in [5.74, 6) is 0.697. The number of sulfonamides is 1. The lowest BCUT2D eigenvalue weighted by Gasteiger charge is -2.33. The van der Waals surface area contributed by atoms with Gasteiger partial charge in [0.1, 0.15) is 5.75 Å². The molecule has 1 fully saturated rings. The molecule has 2 heterocycles. The Balaban J connectivity index is 1.44. The predicted molar refractivity (Wildman–Crippen MR) is 105 cm³/mol. The molecule has 1 saturated heterocycles. The summed E-state index contributed by atoms with van der Waals surface area (Å²) in [6, 6.07) is 15.6. The van der Waals surface area contributed by atoms with Crippen LogP contribution in [0, 0.1) is 0 Å². The first-order valence-corrected chi connectivity index (χ1v) is 11.1. The molecule has 1 atom stereocenters. The second-order valence-corrected chi connectivity index (χ2v) is 9.14. The predicted octanol–water partition coefficient (Wildman–Crippen LogP) is 2.91. The van der Waals surface area contributed by atoms with Crippen molar-refractivity contribution in [2.24, 2.45) is 0 Å². The molecule has 0 amide bonds. The molecule has 5 nitrogen and oxygen atoms in total. The van der Waals surface area contributed by atoms with Crippen molar-refractivity contribution in [2.75, 3.05) is 26.2 Å². The molecule has 0 spiro atoms. The average molecular weight is 387 g/mol. The van der Waals surface area contributed by atoms with Gasteiger partial charge in [-0.15, -0.1) is 0 Å². The van der Waals surface area contributed by atoms with Crippen molar-refractivity contribution in [3.05, 3.63) is 59.7 Å². The van der Waals surface area contributed by atoms with E-state index < -0.39 is 10.0 Å². The van der Waals surface area contributed by atoms with Crippen LogP contribution in [0.15, 0.2) is 53.4 Å². The molecule has 2 aromatic carbocycles. The fraction of sp³-hybridized carbons (Fsp3) is 0.429. The molecule has 0 aliphatic carbocycles. The Kier molecular flexibility index (Phi) is 5.21. The topological polar surface area (TPSA) is 49.9 Å². The lowest BCUT2D eigenvalue weighted by Crippen LogP contribution is -2.41. The van der Waals surface area contributed by atoms with E-state index >= 15 is 0 Å². The molecule has 0 aromatic heterocycles. The van der Waals surface area contributed by atoms with E-state index in [1.165, 1.54) is 11.1 Å². The van der Waals surface area contributed by atoms with E-state index in [1.54, 1.807) is 28.6 Å². The first-order valence-electron chi connectivity index (χ1n) is 9.62. The van der Waals surface area contributed by atoms with Crippen molar-refractivity contribution in [3.63, 3.8) is 0 Å². The van der Waals surface area contributed by atoms with E-state index in [0.717, 1.165) is 25.9 Å². The fourth-order valence-corrected chi connectivity index (χ4v) is 5.57. The zero-order valence-electron chi connectivity index (χ0n) is 15.7. The smallest absolute Gasteiger partial charge is 0.243 e. The van der Waals surface area contributed by atoms with Gasteiger partial charge in [-0.2, -0.15) is 4.31 Å². The van der Waals surface area contributed by atoms with Gasteiger partial charge in [-0.05, 0) is 55.2 Å². The highest BCUT2D eigenvalue weighted by atomic mass is 32.2. The number of hydrogen-bond acceptors (Lipinski definition) is 4. The zero-order valence-corrected chi connectivity index (χ0v) is 16.5. The number of fused-ring (bicyclic) bond motifs is 1. The summed E-state index contributed by atoms with van der Waals surface area (Å²) in [6.45, 7) is 5.54. The molecule has 1 unspecified atom stereocenters. The van der Waals surface area contributed by atoms with Crippen LogP contribution in [0.25, 0.3) is 0 Å². The third-order valence-corrected chi connectivity index (χ3v) is 7.45. The Morgan fingerprint density at radius 3 is 2.52 bits per heavy atom. The number of ether oxygens (including phenoxy) is 1. The van der Waals surface area contributed by atoms with Crippen LogP contribution < -0.4 is 4.74 Å². The van der Waals surface area contributed by atoms with Crippen LogP contribution in [0.2, 0.25) is 0 Å². The van der Waals surface area contributed by atoms with Gasteiger partial charge >= 0.3 is 0 Å². The molecule has 0 radical (unpaired) electrons. The third-order valence-electron chi connectivity index (χ3n) is 5.58. The molecular weight excluding hydrogens is 360 g/mol. The van der Waals surface area contributed by atoms with Crippen molar-refractivity contribution in [2.45, 2.75) is 37.2 Å². The molecule has 2 aliphatic heterocycles. The Morgan fingerprint density at radius 2 is 1.78 bits per heavy atom. The third kappa shape index (κ3) is 3.74. The molecule has 0 saturated carbocycles. The minimum absolute atomic E-state index is 0.288. The number of hydrogen-bond donors (Lipinski definition) is 0. The quantitative estimate of drug-likeness (QED) is 0.793. The first kappa shape index (κ1) is 18.5. The molecule has 0 N–H and O–H groups in total. The summed E-state index contributed by atoms with van der Waals surface area (Å²) in [4.78, 5) is 2.78. The van der Waals surface area contributed by atoms with Gasteiger partial charge in [0.25, 0.3) is 0 Å². The van der Waals surface area contributed by atoms with E-state index in [1.807, 2.05) is 6.92 Å². The average Bonchev–Trinajstić information content (AvgIpc) is 3.19. The summed E-state index contributed by atoms with van der Waals surface area (Å²) in [7, 11) is -3.45. The van der Waals surface area contributed by atoms with Crippen LogP contribution in [0.4, 0.5) is 0 Å². The van der Waals surface area contributed by atoms with Gasteiger partial charge in [-0.3, -0.25) is 4.90 Å². The maximum atomic E-state index is 13.0. The minimum atomic E-state index is -3.45.